The van der Waals surface area contributed by atoms with Crippen LogP contribution in [0.2, 0.25) is 10.0 Å². The molecule has 0 amide bonds. The van der Waals surface area contributed by atoms with Crippen LogP contribution in [0.1, 0.15) is 19.4 Å². The Bertz CT molecular complexity index is 353. The highest BCUT2D eigenvalue weighted by atomic mass is 35.5. The van der Waals surface area contributed by atoms with Gasteiger partial charge in [0.2, 0.25) is 0 Å². The maximum atomic E-state index is 6.10. The number of nitrogens with one attached hydrogen (secondary N) is 1. The van der Waals surface area contributed by atoms with Gasteiger partial charge in [0.15, 0.2) is 0 Å². The molecule has 0 spiro atoms. The van der Waals surface area contributed by atoms with E-state index in [9.17, 15) is 0 Å². The van der Waals surface area contributed by atoms with E-state index in [-0.39, 0.29) is 5.54 Å². The highest BCUT2D eigenvalue weighted by molar-refractivity contribution is 6.42. The average Bonchev–Trinajstić information content (AvgIpc) is 2.20. The molecule has 0 aliphatic carbocycles. The van der Waals surface area contributed by atoms with Crippen LogP contribution in [-0.2, 0) is 11.3 Å². The van der Waals surface area contributed by atoms with Gasteiger partial charge in [-0.05, 0) is 25.5 Å². The first-order valence-electron chi connectivity index (χ1n) is 5.13. The largest absolute Gasteiger partial charge is 0.383 e. The molecule has 1 rings (SSSR count). The van der Waals surface area contributed by atoms with Crippen molar-refractivity contribution >= 4 is 23.2 Å². The zero-order valence-electron chi connectivity index (χ0n) is 9.81. The topological polar surface area (TPSA) is 21.3 Å². The molecule has 0 aromatic heterocycles. The second-order valence-electron chi connectivity index (χ2n) is 4.38. The maximum absolute atomic E-state index is 6.10. The smallest absolute Gasteiger partial charge is 0.0639 e. The van der Waals surface area contributed by atoms with E-state index in [1.807, 2.05) is 12.1 Å². The molecule has 16 heavy (non-hydrogen) atoms. The van der Waals surface area contributed by atoms with E-state index in [2.05, 4.69) is 19.2 Å². The number of methoxy groups -OCH3 is 1. The lowest BCUT2D eigenvalue weighted by Gasteiger charge is -2.25. The summed E-state index contributed by atoms with van der Waals surface area (Å²) in [6.07, 6.45) is 0. The quantitative estimate of drug-likeness (QED) is 0.876. The van der Waals surface area contributed by atoms with Gasteiger partial charge < -0.3 is 10.1 Å². The van der Waals surface area contributed by atoms with Gasteiger partial charge in [0.05, 0.1) is 16.7 Å². The minimum Gasteiger partial charge on any atom is -0.383 e. The number of ether oxygens (including phenoxy) is 1. The number of hydrogen-bond acceptors (Lipinski definition) is 2. The molecule has 90 valence electrons. The Morgan fingerprint density at radius 3 is 2.62 bits per heavy atom. The first-order valence-corrected chi connectivity index (χ1v) is 5.89. The normalized spacial score (nSPS) is 11.8. The van der Waals surface area contributed by atoms with Crippen LogP contribution in [0, 0.1) is 0 Å². The molecule has 0 fully saturated rings. The average molecular weight is 262 g/mol. The molecule has 0 radical (unpaired) electrons. The van der Waals surface area contributed by atoms with Crippen molar-refractivity contribution in [2.45, 2.75) is 25.9 Å². The molecule has 0 atom stereocenters. The van der Waals surface area contributed by atoms with E-state index in [0.717, 1.165) is 5.56 Å². The number of rotatable bonds is 5. The van der Waals surface area contributed by atoms with Crippen LogP contribution in [0.5, 0.6) is 0 Å². The molecular weight excluding hydrogens is 245 g/mol. The molecule has 0 saturated heterocycles. The standard InChI is InChI=1S/C12H17Cl2NO/c1-12(2,8-16-3)15-7-9-5-4-6-10(13)11(9)14/h4-6,15H,7-8H2,1-3H3. The summed E-state index contributed by atoms with van der Waals surface area (Å²) in [6, 6.07) is 5.65. The Balaban J connectivity index is 2.64. The van der Waals surface area contributed by atoms with Crippen LogP contribution in [0.3, 0.4) is 0 Å². The van der Waals surface area contributed by atoms with Crippen LogP contribution >= 0.6 is 23.2 Å². The van der Waals surface area contributed by atoms with Gasteiger partial charge in [-0.3, -0.25) is 0 Å². The molecule has 0 aliphatic rings. The van der Waals surface area contributed by atoms with Crippen LogP contribution < -0.4 is 5.32 Å². The third-order valence-corrected chi connectivity index (χ3v) is 3.15. The van der Waals surface area contributed by atoms with Crippen molar-refractivity contribution in [3.05, 3.63) is 33.8 Å². The molecule has 1 N–H and O–H groups in total. The van der Waals surface area contributed by atoms with Gasteiger partial charge in [0.25, 0.3) is 0 Å². The second kappa shape index (κ2) is 5.87. The summed E-state index contributed by atoms with van der Waals surface area (Å²) >= 11 is 12.0. The summed E-state index contributed by atoms with van der Waals surface area (Å²) in [4.78, 5) is 0. The van der Waals surface area contributed by atoms with Crippen molar-refractivity contribution in [2.75, 3.05) is 13.7 Å². The Hall–Kier alpha value is -0.280. The second-order valence-corrected chi connectivity index (χ2v) is 5.17. The molecule has 0 heterocycles. The Morgan fingerprint density at radius 1 is 1.31 bits per heavy atom. The Labute approximate surface area is 107 Å². The summed E-state index contributed by atoms with van der Waals surface area (Å²) < 4.78 is 5.13. The first kappa shape index (κ1) is 13.8. The van der Waals surface area contributed by atoms with Crippen molar-refractivity contribution in [3.63, 3.8) is 0 Å². The van der Waals surface area contributed by atoms with Gasteiger partial charge in [-0.15, -0.1) is 0 Å². The van der Waals surface area contributed by atoms with Crippen LogP contribution in [0.25, 0.3) is 0 Å². The molecular formula is C12H17Cl2NO. The van der Waals surface area contributed by atoms with Crippen molar-refractivity contribution in [3.8, 4) is 0 Å². The number of halogens is 2. The summed E-state index contributed by atoms with van der Waals surface area (Å²) in [5.41, 5.74) is 0.916. The monoisotopic (exact) mass is 261 g/mol. The van der Waals surface area contributed by atoms with E-state index in [4.69, 9.17) is 27.9 Å². The van der Waals surface area contributed by atoms with Gasteiger partial charge in [0.1, 0.15) is 0 Å². The van der Waals surface area contributed by atoms with E-state index in [1.165, 1.54) is 0 Å². The van der Waals surface area contributed by atoms with Crippen LogP contribution in [0.4, 0.5) is 0 Å². The van der Waals surface area contributed by atoms with Crippen LogP contribution in [0.15, 0.2) is 18.2 Å². The third-order valence-electron chi connectivity index (χ3n) is 2.29. The van der Waals surface area contributed by atoms with Crippen molar-refractivity contribution in [1.29, 1.82) is 0 Å². The molecule has 0 bridgehead atoms. The fraction of sp³-hybridized carbons (Fsp3) is 0.500. The molecule has 2 nitrogen and oxygen atoms in total. The summed E-state index contributed by atoms with van der Waals surface area (Å²) in [5, 5.41) is 4.58. The third kappa shape index (κ3) is 3.95. The Kier molecular flexibility index (Phi) is 5.06. The predicted octanol–water partition coefficient (Wildman–Crippen LogP) is 3.51. The molecule has 0 saturated carbocycles. The fourth-order valence-electron chi connectivity index (χ4n) is 1.43. The van der Waals surface area contributed by atoms with E-state index in [1.54, 1.807) is 13.2 Å². The van der Waals surface area contributed by atoms with E-state index in [0.29, 0.717) is 23.2 Å². The summed E-state index contributed by atoms with van der Waals surface area (Å²) in [6.45, 7) is 5.48. The highest BCUT2D eigenvalue weighted by Crippen LogP contribution is 2.25. The van der Waals surface area contributed by atoms with Gasteiger partial charge >= 0.3 is 0 Å². The molecule has 1 aromatic carbocycles. The van der Waals surface area contributed by atoms with Crippen molar-refractivity contribution in [1.82, 2.24) is 5.32 Å². The minimum absolute atomic E-state index is 0.0829. The Morgan fingerprint density at radius 2 is 2.00 bits per heavy atom. The van der Waals surface area contributed by atoms with Crippen molar-refractivity contribution < 1.29 is 4.74 Å². The number of hydrogen-bond donors (Lipinski definition) is 1. The predicted molar refractivity (Wildman–Crippen MR) is 69.3 cm³/mol. The zero-order valence-corrected chi connectivity index (χ0v) is 11.3. The van der Waals surface area contributed by atoms with Gasteiger partial charge in [-0.1, -0.05) is 35.3 Å². The number of benzene rings is 1. The van der Waals surface area contributed by atoms with Crippen molar-refractivity contribution in [2.24, 2.45) is 0 Å². The molecule has 0 aliphatic heterocycles. The summed E-state index contributed by atoms with van der Waals surface area (Å²) in [7, 11) is 1.69. The lowest BCUT2D eigenvalue weighted by molar-refractivity contribution is 0.128. The molecule has 1 aromatic rings. The SMILES string of the molecule is COCC(C)(C)NCc1cccc(Cl)c1Cl. The lowest BCUT2D eigenvalue weighted by atomic mass is 10.1. The zero-order chi connectivity index (χ0) is 12.2. The summed E-state index contributed by atoms with van der Waals surface area (Å²) in [5.74, 6) is 0. The minimum atomic E-state index is -0.0829. The van der Waals surface area contributed by atoms with Gasteiger partial charge in [-0.2, -0.15) is 0 Å². The highest BCUT2D eigenvalue weighted by Gasteiger charge is 2.17. The van der Waals surface area contributed by atoms with Crippen LogP contribution in [-0.4, -0.2) is 19.3 Å². The van der Waals surface area contributed by atoms with Gasteiger partial charge in [-0.25, -0.2) is 0 Å². The molecule has 4 heteroatoms. The lowest BCUT2D eigenvalue weighted by Crippen LogP contribution is -2.42. The van der Waals surface area contributed by atoms with E-state index >= 15 is 0 Å². The van der Waals surface area contributed by atoms with Gasteiger partial charge in [0, 0.05) is 19.2 Å². The maximum Gasteiger partial charge on any atom is 0.0639 e. The molecule has 0 unspecified atom stereocenters. The van der Waals surface area contributed by atoms with E-state index < -0.39 is 0 Å². The fourth-order valence-corrected chi connectivity index (χ4v) is 1.82. The first-order chi connectivity index (χ1) is 7.46.